The maximum absolute atomic E-state index is 2.52. The smallest absolute Gasteiger partial charge is 0.144 e. The van der Waals surface area contributed by atoms with Crippen molar-refractivity contribution in [2.24, 2.45) is 0 Å². The lowest BCUT2D eigenvalue weighted by molar-refractivity contribution is -1.08. The van der Waals surface area contributed by atoms with Crippen LogP contribution in [-0.4, -0.2) is 74.4 Å². The zero-order chi connectivity index (χ0) is 9.65. The van der Waals surface area contributed by atoms with Crippen LogP contribution in [0.1, 0.15) is 6.42 Å². The second-order valence-electron chi connectivity index (χ2n) is 5.94. The standard InChI is InChI=1S/C11H23N3/c1-13-4-7-14(8-5-13,9-6-13)11-2-3-12-10-11/h11-12H,2-10H2,1H3/q+2/p+1. The molecule has 0 aromatic heterocycles. The number of nitrogens with two attached hydrogens (primary N) is 1. The van der Waals surface area contributed by atoms with Gasteiger partial charge < -0.3 is 14.3 Å². The molecule has 0 saturated carbocycles. The van der Waals surface area contributed by atoms with E-state index in [0.717, 1.165) is 6.04 Å². The molecule has 4 heterocycles. The molecule has 0 aromatic rings. The van der Waals surface area contributed by atoms with Crippen LogP contribution in [0.5, 0.6) is 0 Å². The number of likely N-dealkylation sites (N-methyl/N-ethyl adjacent to an activating group) is 1. The van der Waals surface area contributed by atoms with E-state index in [1.54, 1.807) is 0 Å². The van der Waals surface area contributed by atoms with E-state index in [-0.39, 0.29) is 0 Å². The Balaban J connectivity index is 1.78. The van der Waals surface area contributed by atoms with Crippen molar-refractivity contribution in [3.63, 3.8) is 0 Å². The summed E-state index contributed by atoms with van der Waals surface area (Å²) in [4.78, 5) is 0. The molecule has 4 rings (SSSR count). The third kappa shape index (κ3) is 1.23. The molecule has 0 amide bonds. The summed E-state index contributed by atoms with van der Waals surface area (Å²) in [5.41, 5.74) is 0. The molecule has 2 bridgehead atoms. The number of quaternary nitrogens is 3. The van der Waals surface area contributed by atoms with Crippen LogP contribution in [-0.2, 0) is 0 Å². The van der Waals surface area contributed by atoms with Gasteiger partial charge in [-0.2, -0.15) is 0 Å². The molecule has 0 aliphatic carbocycles. The lowest BCUT2D eigenvalue weighted by Crippen LogP contribution is -2.84. The Morgan fingerprint density at radius 3 is 2.14 bits per heavy atom. The molecule has 4 fully saturated rings. The molecule has 3 nitrogen and oxygen atoms in total. The van der Waals surface area contributed by atoms with Crippen LogP contribution in [0.2, 0.25) is 0 Å². The summed E-state index contributed by atoms with van der Waals surface area (Å²) >= 11 is 0. The highest BCUT2D eigenvalue weighted by molar-refractivity contribution is 4.69. The Bertz CT molecular complexity index is 208. The van der Waals surface area contributed by atoms with Crippen molar-refractivity contribution in [3.8, 4) is 0 Å². The van der Waals surface area contributed by atoms with E-state index in [0.29, 0.717) is 0 Å². The first-order valence-electron chi connectivity index (χ1n) is 6.24. The Morgan fingerprint density at radius 1 is 1.00 bits per heavy atom. The first-order valence-corrected chi connectivity index (χ1v) is 6.24. The first kappa shape index (κ1) is 9.13. The second kappa shape index (κ2) is 2.94. The summed E-state index contributed by atoms with van der Waals surface area (Å²) in [5, 5.41) is 2.52. The molecule has 0 spiro atoms. The van der Waals surface area contributed by atoms with Crippen molar-refractivity contribution < 1.29 is 14.3 Å². The fourth-order valence-corrected chi connectivity index (χ4v) is 3.78. The van der Waals surface area contributed by atoms with E-state index in [2.05, 4.69) is 12.4 Å². The van der Waals surface area contributed by atoms with E-state index in [1.165, 1.54) is 67.7 Å². The minimum Gasteiger partial charge on any atom is -0.341 e. The van der Waals surface area contributed by atoms with Gasteiger partial charge in [0.25, 0.3) is 0 Å². The summed E-state index contributed by atoms with van der Waals surface area (Å²) in [6.07, 6.45) is 1.48. The van der Waals surface area contributed by atoms with Gasteiger partial charge in [0.15, 0.2) is 0 Å². The van der Waals surface area contributed by atoms with Crippen LogP contribution in [0.4, 0.5) is 0 Å². The van der Waals surface area contributed by atoms with Crippen molar-refractivity contribution in [1.82, 2.24) is 0 Å². The number of fused-ring (bicyclic) bond motifs is 3. The van der Waals surface area contributed by atoms with Crippen molar-refractivity contribution in [2.75, 3.05) is 59.4 Å². The van der Waals surface area contributed by atoms with Crippen LogP contribution in [0.25, 0.3) is 0 Å². The number of piperazine rings is 3. The molecule has 1 unspecified atom stereocenters. The fraction of sp³-hybridized carbons (Fsp3) is 1.00. The van der Waals surface area contributed by atoms with Crippen LogP contribution in [0, 0.1) is 0 Å². The normalized spacial score (nSPS) is 52.5. The quantitative estimate of drug-likeness (QED) is 0.500. The third-order valence-corrected chi connectivity index (χ3v) is 5.17. The minimum absolute atomic E-state index is 1.00. The Morgan fingerprint density at radius 2 is 1.64 bits per heavy atom. The molecule has 2 N–H and O–H groups in total. The van der Waals surface area contributed by atoms with Crippen LogP contribution in [0.3, 0.4) is 0 Å². The molecule has 0 aromatic carbocycles. The van der Waals surface area contributed by atoms with Crippen molar-refractivity contribution in [3.05, 3.63) is 0 Å². The molecule has 4 saturated heterocycles. The lowest BCUT2D eigenvalue weighted by atomic mass is 10.0. The molecule has 14 heavy (non-hydrogen) atoms. The van der Waals surface area contributed by atoms with E-state index < -0.39 is 0 Å². The van der Waals surface area contributed by atoms with Gasteiger partial charge in [-0.1, -0.05) is 0 Å². The predicted molar refractivity (Wildman–Crippen MR) is 55.7 cm³/mol. The SMILES string of the molecule is C[N+]12CC[N+](C3CC[NH2+]C3)(CC1)CC2. The van der Waals surface area contributed by atoms with Gasteiger partial charge in [-0.25, -0.2) is 0 Å². The summed E-state index contributed by atoms with van der Waals surface area (Å²) in [6.45, 7) is 11.5. The largest absolute Gasteiger partial charge is 0.341 e. The molecule has 1 atom stereocenters. The number of hydrogen-bond donors (Lipinski definition) is 1. The van der Waals surface area contributed by atoms with Crippen molar-refractivity contribution in [1.29, 1.82) is 0 Å². The third-order valence-electron chi connectivity index (χ3n) is 5.17. The zero-order valence-electron chi connectivity index (χ0n) is 9.41. The summed E-state index contributed by atoms with van der Waals surface area (Å²) < 4.78 is 2.86. The fourth-order valence-electron chi connectivity index (χ4n) is 3.78. The van der Waals surface area contributed by atoms with Gasteiger partial charge in [-0.05, 0) is 0 Å². The van der Waals surface area contributed by atoms with Crippen LogP contribution < -0.4 is 5.32 Å². The van der Waals surface area contributed by atoms with Crippen molar-refractivity contribution >= 4 is 0 Å². The van der Waals surface area contributed by atoms with Gasteiger partial charge in [0, 0.05) is 0 Å². The number of rotatable bonds is 1. The highest BCUT2D eigenvalue weighted by atomic mass is 15.5. The van der Waals surface area contributed by atoms with E-state index in [4.69, 9.17) is 0 Å². The van der Waals surface area contributed by atoms with Gasteiger partial charge in [-0.3, -0.25) is 0 Å². The van der Waals surface area contributed by atoms with Gasteiger partial charge in [-0.15, -0.1) is 0 Å². The summed E-state index contributed by atoms with van der Waals surface area (Å²) in [7, 11) is 2.45. The highest BCUT2D eigenvalue weighted by Crippen LogP contribution is 2.28. The first-order chi connectivity index (χ1) is 6.73. The molecular formula is C11H24N3+3. The molecule has 3 heteroatoms. The van der Waals surface area contributed by atoms with Gasteiger partial charge in [0.1, 0.15) is 51.9 Å². The average molecular weight is 198 g/mol. The summed E-state index contributed by atoms with van der Waals surface area (Å²) in [5.74, 6) is 0. The summed E-state index contributed by atoms with van der Waals surface area (Å²) in [6, 6.07) is 1.00. The van der Waals surface area contributed by atoms with E-state index in [1.807, 2.05) is 0 Å². The molecular weight excluding hydrogens is 174 g/mol. The number of hydrogen-bond acceptors (Lipinski definition) is 0. The zero-order valence-corrected chi connectivity index (χ0v) is 9.41. The van der Waals surface area contributed by atoms with Gasteiger partial charge in [0.05, 0.1) is 20.0 Å². The topological polar surface area (TPSA) is 16.6 Å². The van der Waals surface area contributed by atoms with E-state index >= 15 is 0 Å². The molecule has 4 aliphatic rings. The molecule has 4 aliphatic heterocycles. The number of nitrogens with zero attached hydrogens (tertiary/aromatic N) is 2. The maximum atomic E-state index is 2.52. The predicted octanol–water partition coefficient (Wildman–Crippen LogP) is -1.39. The monoisotopic (exact) mass is 198 g/mol. The minimum atomic E-state index is 1.00. The second-order valence-corrected chi connectivity index (χ2v) is 5.94. The van der Waals surface area contributed by atoms with Crippen LogP contribution >= 0.6 is 0 Å². The lowest BCUT2D eigenvalue weighted by Gasteiger charge is -2.55. The van der Waals surface area contributed by atoms with Crippen LogP contribution in [0.15, 0.2) is 0 Å². The maximum Gasteiger partial charge on any atom is 0.144 e. The molecule has 0 radical (unpaired) electrons. The van der Waals surface area contributed by atoms with Gasteiger partial charge >= 0.3 is 0 Å². The van der Waals surface area contributed by atoms with Gasteiger partial charge in [0.2, 0.25) is 0 Å². The Kier molecular flexibility index (Phi) is 1.92. The Hall–Kier alpha value is -0.120. The van der Waals surface area contributed by atoms with Crippen molar-refractivity contribution in [2.45, 2.75) is 12.5 Å². The average Bonchev–Trinajstić information content (AvgIpc) is 2.73. The highest BCUT2D eigenvalue weighted by Gasteiger charge is 2.52. The Labute approximate surface area is 86.9 Å². The van der Waals surface area contributed by atoms with E-state index in [9.17, 15) is 0 Å². The molecule has 80 valence electrons.